The van der Waals surface area contributed by atoms with Crippen molar-refractivity contribution >= 4 is 39.3 Å². The highest BCUT2D eigenvalue weighted by Gasteiger charge is 2.52. The lowest BCUT2D eigenvalue weighted by Crippen LogP contribution is -2.41. The molecule has 168 valence electrons. The number of rotatable bonds is 9. The van der Waals surface area contributed by atoms with Gasteiger partial charge in [-0.3, -0.25) is 4.84 Å². The summed E-state index contributed by atoms with van der Waals surface area (Å²) in [6.45, 7) is 0.686. The summed E-state index contributed by atoms with van der Waals surface area (Å²) in [5, 5.41) is 3.80. The van der Waals surface area contributed by atoms with Gasteiger partial charge in [-0.15, -0.1) is 4.47 Å². The number of oxime groups is 1. The van der Waals surface area contributed by atoms with E-state index < -0.39 is 33.6 Å². The lowest BCUT2D eigenvalue weighted by atomic mass is 10.1. The predicted molar refractivity (Wildman–Crippen MR) is 105 cm³/mol. The first-order valence-electron chi connectivity index (χ1n) is 8.42. The maximum absolute atomic E-state index is 13.2. The number of alkyl halides is 3. The average Bonchev–Trinajstić information content (AvgIpc) is 2.70. The van der Waals surface area contributed by atoms with Gasteiger partial charge in [0.1, 0.15) is 12.1 Å². The third-order valence-corrected chi connectivity index (χ3v) is 5.16. The third kappa shape index (κ3) is 6.15. The number of sulfonamides is 1. The molecule has 7 nitrogen and oxygen atoms in total. The van der Waals surface area contributed by atoms with Crippen LogP contribution in [0.2, 0.25) is 5.02 Å². The van der Waals surface area contributed by atoms with Gasteiger partial charge >= 0.3 is 15.5 Å². The van der Waals surface area contributed by atoms with E-state index in [9.17, 15) is 30.8 Å². The number of carbonyl (C=O) groups is 1. The van der Waals surface area contributed by atoms with Crippen LogP contribution in [0.3, 0.4) is 0 Å². The molecule has 0 aliphatic carbocycles. The van der Waals surface area contributed by atoms with E-state index in [1.165, 1.54) is 19.1 Å². The fourth-order valence-electron chi connectivity index (χ4n) is 2.17. The summed E-state index contributed by atoms with van der Waals surface area (Å²) >= 11 is 5.92. The van der Waals surface area contributed by atoms with Gasteiger partial charge in [-0.25, -0.2) is 4.39 Å². The lowest BCUT2D eigenvalue weighted by molar-refractivity contribution is -0.108. The number of nitrogens with zero attached hydrogens (tertiary/aromatic N) is 2. The maximum Gasteiger partial charge on any atom is 0.518 e. The van der Waals surface area contributed by atoms with Gasteiger partial charge < -0.3 is 9.63 Å². The van der Waals surface area contributed by atoms with Crippen LogP contribution in [0.1, 0.15) is 18.9 Å². The molecule has 31 heavy (non-hydrogen) atoms. The zero-order valence-electron chi connectivity index (χ0n) is 15.8. The monoisotopic (exact) mass is 482 g/mol. The second-order valence-corrected chi connectivity index (χ2v) is 8.03. The van der Waals surface area contributed by atoms with Gasteiger partial charge in [-0.05, 0) is 49.4 Å². The van der Waals surface area contributed by atoms with Crippen molar-refractivity contribution in [1.82, 2.24) is 0 Å². The lowest BCUT2D eigenvalue weighted by Gasteiger charge is -2.26. The highest BCUT2D eigenvalue weighted by atomic mass is 35.5. The largest absolute Gasteiger partial charge is 0.518 e. The van der Waals surface area contributed by atoms with Gasteiger partial charge in [0.2, 0.25) is 0 Å². The molecule has 0 atom stereocenters. The second-order valence-electron chi connectivity index (χ2n) is 5.85. The zero-order chi connectivity index (χ0) is 23.2. The number of aldehydes is 1. The van der Waals surface area contributed by atoms with E-state index in [-0.39, 0.29) is 32.9 Å². The molecule has 2 rings (SSSR count). The third-order valence-electron chi connectivity index (χ3n) is 3.60. The van der Waals surface area contributed by atoms with E-state index >= 15 is 0 Å². The molecule has 13 heteroatoms. The fraction of sp³-hybridized carbons (Fsp3) is 0.222. The molecule has 0 spiro atoms. The Morgan fingerprint density at radius 1 is 1.19 bits per heavy atom. The Morgan fingerprint density at radius 2 is 1.84 bits per heavy atom. The molecule has 0 heterocycles. The first-order valence-corrected chi connectivity index (χ1v) is 10.2. The van der Waals surface area contributed by atoms with Crippen LogP contribution in [0.15, 0.2) is 47.6 Å². The van der Waals surface area contributed by atoms with Crippen LogP contribution < -0.4 is 9.31 Å². The zero-order valence-corrected chi connectivity index (χ0v) is 17.3. The first-order chi connectivity index (χ1) is 14.5. The summed E-state index contributed by atoms with van der Waals surface area (Å²) < 4.78 is 76.4. The predicted octanol–water partition coefficient (Wildman–Crippen LogP) is 4.46. The molecule has 0 aliphatic heterocycles. The molecule has 0 amide bonds. The van der Waals surface area contributed by atoms with Crippen molar-refractivity contribution in [2.45, 2.75) is 18.9 Å². The smallest absolute Gasteiger partial charge is 0.357 e. The maximum atomic E-state index is 13.2. The van der Waals surface area contributed by atoms with Crippen LogP contribution in [0.25, 0.3) is 0 Å². The summed E-state index contributed by atoms with van der Waals surface area (Å²) in [5.41, 5.74) is -6.48. The number of anilines is 1. The molecular weight excluding hydrogens is 468 g/mol. The molecular formula is C18H15ClF4N2O5S. The van der Waals surface area contributed by atoms with Crippen LogP contribution in [0, 0.1) is 5.82 Å². The van der Waals surface area contributed by atoms with Crippen molar-refractivity contribution in [3.05, 3.63) is 58.9 Å². The fourth-order valence-corrected chi connectivity index (χ4v) is 3.16. The van der Waals surface area contributed by atoms with Gasteiger partial charge in [-0.1, -0.05) is 16.8 Å². The topological polar surface area (TPSA) is 85.3 Å². The minimum Gasteiger partial charge on any atom is -0.357 e. The molecule has 0 aromatic heterocycles. The Hall–Kier alpha value is -2.70. The molecule has 0 aliphatic rings. The number of hydrogen-bond acceptors (Lipinski definition) is 6. The Kier molecular flexibility index (Phi) is 7.98. The molecule has 0 N–H and O–H groups in total. The van der Waals surface area contributed by atoms with Crippen LogP contribution in [-0.2, 0) is 19.7 Å². The number of benzene rings is 2. The SMILES string of the molecule is CC(=NOc1ccc(F)cc1)c1cc(Cl)ccc1N(OCCC=O)S(=O)(=O)C(F)(F)F. The van der Waals surface area contributed by atoms with E-state index in [0.717, 1.165) is 30.3 Å². The minimum absolute atomic E-state index is 0.0623. The molecule has 0 unspecified atom stereocenters. The van der Waals surface area contributed by atoms with Crippen LogP contribution in [0.5, 0.6) is 5.75 Å². The Bertz CT molecular complexity index is 1060. The van der Waals surface area contributed by atoms with E-state index in [2.05, 4.69) is 5.16 Å². The van der Waals surface area contributed by atoms with E-state index in [4.69, 9.17) is 21.3 Å². The van der Waals surface area contributed by atoms with Gasteiger partial charge in [0.15, 0.2) is 5.75 Å². The normalized spacial score (nSPS) is 12.5. The number of carbonyl (C=O) groups excluding carboxylic acids is 1. The van der Waals surface area contributed by atoms with E-state index in [1.807, 2.05) is 0 Å². The van der Waals surface area contributed by atoms with Gasteiger partial charge in [0.25, 0.3) is 0 Å². The van der Waals surface area contributed by atoms with Crippen molar-refractivity contribution in [1.29, 1.82) is 0 Å². The minimum atomic E-state index is -6.00. The first kappa shape index (κ1) is 24.6. The number of halogens is 5. The molecule has 0 fully saturated rings. The van der Waals surface area contributed by atoms with Crippen molar-refractivity contribution in [2.75, 3.05) is 11.1 Å². The Balaban J connectivity index is 2.51. The summed E-state index contributed by atoms with van der Waals surface area (Å²) in [5.74, 6) is -0.406. The molecule has 0 radical (unpaired) electrons. The highest BCUT2D eigenvalue weighted by molar-refractivity contribution is 7.93. The van der Waals surface area contributed by atoms with E-state index in [1.54, 1.807) is 0 Å². The van der Waals surface area contributed by atoms with Crippen molar-refractivity contribution in [3.63, 3.8) is 0 Å². The van der Waals surface area contributed by atoms with Gasteiger partial charge in [-0.2, -0.15) is 21.6 Å². The van der Waals surface area contributed by atoms with Gasteiger partial charge in [0.05, 0.1) is 18.0 Å². The van der Waals surface area contributed by atoms with Crippen LogP contribution >= 0.6 is 11.6 Å². The van der Waals surface area contributed by atoms with Crippen LogP contribution in [-0.4, -0.2) is 32.5 Å². The summed E-state index contributed by atoms with van der Waals surface area (Å²) in [6.07, 6.45) is -0.00203. The molecule has 0 saturated carbocycles. The van der Waals surface area contributed by atoms with Crippen molar-refractivity contribution in [2.24, 2.45) is 5.16 Å². The molecule has 2 aromatic rings. The van der Waals surface area contributed by atoms with E-state index in [0.29, 0.717) is 6.29 Å². The number of hydrogen-bond donors (Lipinski definition) is 0. The second kappa shape index (κ2) is 10.1. The summed E-state index contributed by atoms with van der Waals surface area (Å²) in [4.78, 5) is 20.4. The molecule has 0 bridgehead atoms. The van der Waals surface area contributed by atoms with Crippen molar-refractivity contribution in [3.8, 4) is 5.75 Å². The standard InChI is InChI=1S/C18H15ClF4N2O5S/c1-12(24-30-15-6-4-14(20)5-7-15)16-11-13(19)3-8-17(16)25(29-10-2-9-26)31(27,28)18(21,22)23/h3-9,11H,2,10H2,1H3. The quantitative estimate of drug-likeness (QED) is 0.173. The molecule has 0 saturated heterocycles. The average molecular weight is 483 g/mol. The molecule has 2 aromatic carbocycles. The van der Waals surface area contributed by atoms with Crippen LogP contribution in [0.4, 0.5) is 23.2 Å². The van der Waals surface area contributed by atoms with Gasteiger partial charge in [0, 0.05) is 17.0 Å². The van der Waals surface area contributed by atoms with Crippen molar-refractivity contribution < 1.29 is 40.4 Å². The Morgan fingerprint density at radius 3 is 2.42 bits per heavy atom. The Labute approximate surface area is 179 Å². The summed E-state index contributed by atoms with van der Waals surface area (Å²) in [7, 11) is -6.00. The summed E-state index contributed by atoms with van der Waals surface area (Å²) in [6, 6.07) is 8.01. The highest BCUT2D eigenvalue weighted by Crippen LogP contribution is 2.34.